The molecule has 17 heteroatoms. The molecule has 0 aromatic rings. The van der Waals surface area contributed by atoms with Crippen LogP contribution in [-0.4, -0.2) is 131 Å². The van der Waals surface area contributed by atoms with Crippen LogP contribution in [-0.2, 0) is 53.1 Å². The van der Waals surface area contributed by atoms with Gasteiger partial charge in [-0.3, -0.25) is 0 Å². The summed E-state index contributed by atoms with van der Waals surface area (Å²) in [7, 11) is 9.39. The Kier molecular flexibility index (Phi) is 24.4. The molecule has 0 bridgehead atoms. The second-order valence-electron chi connectivity index (χ2n) is 10.1. The Bertz CT molecular complexity index is 533. The highest BCUT2D eigenvalue weighted by molar-refractivity contribution is 8.00. The monoisotopic (exact) mass is 710 g/mol. The topological polar surface area (TPSA) is 111 Å². The smallest absolute Gasteiger partial charge is 0.377 e. The molecule has 0 fully saturated rings. The van der Waals surface area contributed by atoms with Crippen molar-refractivity contribution in [3.63, 3.8) is 0 Å². The van der Waals surface area contributed by atoms with Crippen molar-refractivity contribution in [2.45, 2.75) is 86.0 Å². The SMILES string of the molecule is CO[Si](CCCC(CCC[Si](OC)(OC)OC)SC(CCC[Si](OC)(OC)OC)CCC[Si](OC)(OC)OC)(OC)OC. The predicted molar refractivity (Wildman–Crippen MR) is 178 cm³/mol. The summed E-state index contributed by atoms with van der Waals surface area (Å²) in [5.41, 5.74) is 0. The van der Waals surface area contributed by atoms with Crippen molar-refractivity contribution >= 4 is 47.0 Å². The second kappa shape index (κ2) is 24.0. The van der Waals surface area contributed by atoms with Crippen LogP contribution in [0.25, 0.3) is 0 Å². The minimum Gasteiger partial charge on any atom is -0.377 e. The van der Waals surface area contributed by atoms with E-state index in [0.717, 1.165) is 75.5 Å². The minimum absolute atomic E-state index is 0.406. The zero-order chi connectivity index (χ0) is 32.8. The van der Waals surface area contributed by atoms with Crippen LogP contribution in [0.3, 0.4) is 0 Å². The van der Waals surface area contributed by atoms with E-state index in [2.05, 4.69) is 11.8 Å². The van der Waals surface area contributed by atoms with E-state index in [1.165, 1.54) is 0 Å². The molecule has 0 unspecified atom stereocenters. The van der Waals surface area contributed by atoms with Gasteiger partial charge < -0.3 is 53.1 Å². The lowest BCUT2D eigenvalue weighted by molar-refractivity contribution is 0.121. The molecule has 0 amide bonds. The van der Waals surface area contributed by atoms with Gasteiger partial charge in [0.2, 0.25) is 0 Å². The summed E-state index contributed by atoms with van der Waals surface area (Å²) in [5.74, 6) is 0. The molecule has 0 N–H and O–H groups in total. The Morgan fingerprint density at radius 2 is 0.488 bits per heavy atom. The van der Waals surface area contributed by atoms with Crippen molar-refractivity contribution in [3.8, 4) is 0 Å². The number of rotatable bonds is 30. The lowest BCUT2D eigenvalue weighted by atomic mass is 10.1. The maximum absolute atomic E-state index is 5.68. The molecule has 0 radical (unpaired) electrons. The van der Waals surface area contributed by atoms with Crippen LogP contribution in [0.5, 0.6) is 0 Å². The Labute approximate surface area is 270 Å². The summed E-state index contributed by atoms with van der Waals surface area (Å²) >= 11 is 2.06. The zero-order valence-electron chi connectivity index (χ0n) is 28.9. The number of hydrogen-bond donors (Lipinski definition) is 0. The van der Waals surface area contributed by atoms with Gasteiger partial charge in [-0.25, -0.2) is 0 Å². The van der Waals surface area contributed by atoms with Gasteiger partial charge in [0, 0.05) is 120 Å². The van der Waals surface area contributed by atoms with Gasteiger partial charge in [-0.15, -0.1) is 0 Å². The molecule has 0 aliphatic carbocycles. The fourth-order valence-corrected chi connectivity index (χ4v) is 14.0. The van der Waals surface area contributed by atoms with Gasteiger partial charge in [-0.05, 0) is 51.4 Å². The average molecular weight is 711 g/mol. The lowest BCUT2D eigenvalue weighted by Crippen LogP contribution is -2.43. The molecule has 0 spiro atoms. The summed E-state index contributed by atoms with van der Waals surface area (Å²) in [6.45, 7) is 0. The Balaban J connectivity index is 5.79. The third kappa shape index (κ3) is 15.0. The highest BCUT2D eigenvalue weighted by Crippen LogP contribution is 2.35. The van der Waals surface area contributed by atoms with Gasteiger partial charge in [0.1, 0.15) is 0 Å². The fourth-order valence-electron chi connectivity index (χ4n) is 5.24. The maximum Gasteiger partial charge on any atom is 0.500 e. The predicted octanol–water partition coefficient (Wildman–Crippen LogP) is 5.09. The maximum atomic E-state index is 5.68. The first-order valence-electron chi connectivity index (χ1n) is 14.9. The molecule has 0 aromatic carbocycles. The van der Waals surface area contributed by atoms with Crippen LogP contribution in [0.2, 0.25) is 24.2 Å². The summed E-state index contributed by atoms with van der Waals surface area (Å²) in [5, 5.41) is 0.811. The molecule has 0 aliphatic heterocycles. The van der Waals surface area contributed by atoms with Crippen molar-refractivity contribution in [2.75, 3.05) is 85.3 Å². The Morgan fingerprint density at radius 3 is 0.628 bits per heavy atom. The molecular weight excluding hydrogens is 649 g/mol. The molecule has 260 valence electrons. The molecule has 12 nitrogen and oxygen atoms in total. The van der Waals surface area contributed by atoms with Crippen LogP contribution < -0.4 is 0 Å². The Hall–Kier alpha value is 0.738. The Morgan fingerprint density at radius 1 is 0.326 bits per heavy atom. The van der Waals surface area contributed by atoms with Gasteiger partial charge in [0.25, 0.3) is 0 Å². The highest BCUT2D eigenvalue weighted by atomic mass is 32.2. The van der Waals surface area contributed by atoms with E-state index in [4.69, 9.17) is 53.1 Å². The van der Waals surface area contributed by atoms with E-state index in [0.29, 0.717) is 10.5 Å². The lowest BCUT2D eigenvalue weighted by Gasteiger charge is -2.29. The van der Waals surface area contributed by atoms with Gasteiger partial charge in [0.15, 0.2) is 0 Å². The summed E-state index contributed by atoms with van der Waals surface area (Å²) < 4.78 is 68.2. The first kappa shape index (κ1) is 43.7. The van der Waals surface area contributed by atoms with E-state index < -0.39 is 35.2 Å². The normalized spacial score (nSPS) is 13.5. The molecule has 0 rings (SSSR count). The van der Waals surface area contributed by atoms with E-state index in [9.17, 15) is 0 Å². The van der Waals surface area contributed by atoms with E-state index in [1.54, 1.807) is 85.3 Å². The molecule has 43 heavy (non-hydrogen) atoms. The third-order valence-corrected chi connectivity index (χ3v) is 21.2. The largest absolute Gasteiger partial charge is 0.500 e. The molecule has 0 saturated heterocycles. The quantitative estimate of drug-likeness (QED) is 0.0925. The van der Waals surface area contributed by atoms with Crippen molar-refractivity contribution in [2.24, 2.45) is 0 Å². The van der Waals surface area contributed by atoms with Gasteiger partial charge in [-0.2, -0.15) is 11.8 Å². The second-order valence-corrected chi connectivity index (χ2v) is 24.1. The first-order valence-corrected chi connectivity index (χ1v) is 23.5. The summed E-state index contributed by atoms with van der Waals surface area (Å²) in [6, 6.07) is 3.05. The van der Waals surface area contributed by atoms with E-state index >= 15 is 0 Å². The highest BCUT2D eigenvalue weighted by Gasteiger charge is 2.40. The molecule has 0 aliphatic rings. The number of thioether (sulfide) groups is 1. The van der Waals surface area contributed by atoms with Crippen molar-refractivity contribution in [1.82, 2.24) is 0 Å². The van der Waals surface area contributed by atoms with Crippen LogP contribution in [0.4, 0.5) is 0 Å². The average Bonchev–Trinajstić information content (AvgIpc) is 3.06. The van der Waals surface area contributed by atoms with Crippen LogP contribution in [0.15, 0.2) is 0 Å². The van der Waals surface area contributed by atoms with E-state index in [-0.39, 0.29) is 0 Å². The minimum atomic E-state index is -2.65. The van der Waals surface area contributed by atoms with Gasteiger partial charge in [0.05, 0.1) is 0 Å². The van der Waals surface area contributed by atoms with Crippen LogP contribution in [0.1, 0.15) is 51.4 Å². The molecule has 0 aromatic heterocycles. The number of hydrogen-bond acceptors (Lipinski definition) is 13. The third-order valence-electron chi connectivity index (χ3n) is 8.15. The van der Waals surface area contributed by atoms with Crippen molar-refractivity contribution in [1.29, 1.82) is 0 Å². The molecular formula is C26H62O12SSi4. The first-order chi connectivity index (χ1) is 20.6. The molecule has 0 saturated carbocycles. The van der Waals surface area contributed by atoms with Crippen LogP contribution >= 0.6 is 11.8 Å². The van der Waals surface area contributed by atoms with Crippen molar-refractivity contribution in [3.05, 3.63) is 0 Å². The summed E-state index contributed by atoms with van der Waals surface area (Å²) in [6.07, 6.45) is 7.78. The standard InChI is InChI=1S/C26H62O12SSi4/c1-27-40(28-2,29-3)21-13-17-25(18-14-22-41(30-4,31-5)32-6)39-26(19-15-23-42(33-7,34-8)35-9)20-16-24-43(36-10,37-11)38-12/h25-26H,13-24H2,1-12H3. The van der Waals surface area contributed by atoms with Gasteiger partial charge >= 0.3 is 35.2 Å². The van der Waals surface area contributed by atoms with E-state index in [1.807, 2.05) is 0 Å². The van der Waals surface area contributed by atoms with Crippen LogP contribution in [0, 0.1) is 0 Å². The van der Waals surface area contributed by atoms with Crippen molar-refractivity contribution < 1.29 is 53.1 Å². The fraction of sp³-hybridized carbons (Fsp3) is 1.00. The molecule has 0 heterocycles. The van der Waals surface area contributed by atoms with Gasteiger partial charge in [-0.1, -0.05) is 0 Å². The zero-order valence-corrected chi connectivity index (χ0v) is 33.8. The molecule has 0 atom stereocenters. The summed E-state index contributed by atoms with van der Waals surface area (Å²) in [4.78, 5) is 0.